The van der Waals surface area contributed by atoms with Crippen molar-refractivity contribution in [3.63, 3.8) is 0 Å². The van der Waals surface area contributed by atoms with Gasteiger partial charge in [0.25, 0.3) is 0 Å². The molecule has 0 aliphatic carbocycles. The first kappa shape index (κ1) is 20.2. The molecule has 0 aromatic heterocycles. The van der Waals surface area contributed by atoms with E-state index >= 15 is 0 Å². The van der Waals surface area contributed by atoms with Crippen molar-refractivity contribution in [3.05, 3.63) is 35.4 Å². The largest absolute Gasteiger partial charge is 0.478 e. The summed E-state index contributed by atoms with van der Waals surface area (Å²) in [6.45, 7) is 5.87. The van der Waals surface area contributed by atoms with E-state index in [-0.39, 0.29) is 23.3 Å². The molecule has 1 N–H and O–H groups in total. The maximum atomic E-state index is 11.8. The molecule has 1 rings (SSSR count). The Hall–Kier alpha value is -1.82. The minimum Gasteiger partial charge on any atom is -0.478 e. The average molecular weight is 352 g/mol. The van der Waals surface area contributed by atoms with Crippen LogP contribution in [0.1, 0.15) is 56.0 Å². The molecule has 0 saturated heterocycles. The molecule has 0 fully saturated rings. The molecule has 5 nitrogen and oxygen atoms in total. The highest BCUT2D eigenvalue weighted by Gasteiger charge is 2.26. The van der Waals surface area contributed by atoms with Crippen LogP contribution in [0.15, 0.2) is 24.3 Å². The van der Waals surface area contributed by atoms with Crippen molar-refractivity contribution < 1.29 is 24.2 Å². The van der Waals surface area contributed by atoms with Crippen LogP contribution in [0.25, 0.3) is 0 Å². The second-order valence-electron chi connectivity index (χ2n) is 6.14. The number of carboxylic acid groups (broad SMARTS) is 1. The van der Waals surface area contributed by atoms with Crippen molar-refractivity contribution in [3.8, 4) is 0 Å². The molecule has 6 heteroatoms. The number of carbonyl (C=O) groups excluding carboxylic acids is 2. The molecule has 132 valence electrons. The fourth-order valence-corrected chi connectivity index (χ4v) is 2.51. The van der Waals surface area contributed by atoms with Gasteiger partial charge >= 0.3 is 11.9 Å². The highest BCUT2D eigenvalue weighted by molar-refractivity contribution is 8.12. The second kappa shape index (κ2) is 9.47. The number of hydrogen-bond acceptors (Lipinski definition) is 5. The zero-order chi connectivity index (χ0) is 18.2. The summed E-state index contributed by atoms with van der Waals surface area (Å²) >= 11 is 1.19. The Morgan fingerprint density at radius 1 is 1.17 bits per heavy atom. The van der Waals surface area contributed by atoms with Gasteiger partial charge in [-0.1, -0.05) is 30.8 Å². The highest BCUT2D eigenvalue weighted by Crippen LogP contribution is 2.22. The number of thioether (sulfide) groups is 1. The molecule has 0 aliphatic rings. The zero-order valence-electron chi connectivity index (χ0n) is 14.3. The third-order valence-corrected chi connectivity index (χ3v) is 4.80. The van der Waals surface area contributed by atoms with Crippen molar-refractivity contribution in [1.29, 1.82) is 0 Å². The van der Waals surface area contributed by atoms with Crippen LogP contribution in [0, 0.1) is 5.41 Å². The van der Waals surface area contributed by atoms with Crippen LogP contribution in [0.2, 0.25) is 0 Å². The van der Waals surface area contributed by atoms with Gasteiger partial charge in [0.05, 0.1) is 17.6 Å². The lowest BCUT2D eigenvalue weighted by molar-refractivity contribution is -0.154. The second-order valence-corrected chi connectivity index (χ2v) is 7.17. The summed E-state index contributed by atoms with van der Waals surface area (Å²) < 4.78 is 5.19. The number of benzene rings is 1. The van der Waals surface area contributed by atoms with Gasteiger partial charge in [-0.2, -0.15) is 0 Å². The zero-order valence-corrected chi connectivity index (χ0v) is 15.1. The normalized spacial score (nSPS) is 11.1. The fourth-order valence-electron chi connectivity index (χ4n) is 1.70. The van der Waals surface area contributed by atoms with E-state index in [9.17, 15) is 14.4 Å². The number of aromatic carboxylic acids is 1. The number of ether oxygens (including phenoxy) is 1. The van der Waals surface area contributed by atoms with Gasteiger partial charge in [0.15, 0.2) is 5.12 Å². The highest BCUT2D eigenvalue weighted by atomic mass is 32.2. The monoisotopic (exact) mass is 352 g/mol. The number of rotatable bonds is 9. The molecule has 0 atom stereocenters. The van der Waals surface area contributed by atoms with Crippen LogP contribution >= 0.6 is 11.8 Å². The summed E-state index contributed by atoms with van der Waals surface area (Å²) in [5.74, 6) is -0.698. The first-order valence-electron chi connectivity index (χ1n) is 7.91. The van der Waals surface area contributed by atoms with E-state index in [1.807, 2.05) is 20.8 Å². The minimum atomic E-state index is -0.967. The quantitative estimate of drug-likeness (QED) is 0.536. The number of esters is 1. The summed E-state index contributed by atoms with van der Waals surface area (Å²) in [5, 5.41) is 8.85. The molecule has 1 aromatic rings. The predicted molar refractivity (Wildman–Crippen MR) is 94.0 cm³/mol. The molecule has 0 bridgehead atoms. The van der Waals surface area contributed by atoms with E-state index in [4.69, 9.17) is 9.84 Å². The van der Waals surface area contributed by atoms with Gasteiger partial charge in [0, 0.05) is 12.2 Å². The van der Waals surface area contributed by atoms with Gasteiger partial charge in [-0.25, -0.2) is 4.79 Å². The van der Waals surface area contributed by atoms with E-state index in [1.165, 1.54) is 23.9 Å². The number of carboxylic acids is 1. The van der Waals surface area contributed by atoms with Gasteiger partial charge < -0.3 is 9.84 Å². The SMILES string of the molecule is CCC(C)(C)C(=O)OCCCC(=O)SCc1ccc(C(=O)O)cc1. The Kier molecular flexibility index (Phi) is 7.98. The summed E-state index contributed by atoms with van der Waals surface area (Å²) in [7, 11) is 0. The molecule has 24 heavy (non-hydrogen) atoms. The van der Waals surface area contributed by atoms with E-state index < -0.39 is 11.4 Å². The fraction of sp³-hybridized carbons (Fsp3) is 0.500. The maximum absolute atomic E-state index is 11.8. The molecular formula is C18H24O5S. The third-order valence-electron chi connectivity index (χ3n) is 3.80. The van der Waals surface area contributed by atoms with Crippen LogP contribution in [0.5, 0.6) is 0 Å². The van der Waals surface area contributed by atoms with Crippen LogP contribution < -0.4 is 0 Å². The standard InChI is InChI=1S/C18H24O5S/c1-4-18(2,3)17(22)23-11-5-6-15(19)24-12-13-7-9-14(10-8-13)16(20)21/h7-10H,4-6,11-12H2,1-3H3,(H,20,21). The summed E-state index contributed by atoms with van der Waals surface area (Å²) in [5.41, 5.74) is 0.641. The van der Waals surface area contributed by atoms with E-state index in [0.29, 0.717) is 25.0 Å². The van der Waals surface area contributed by atoms with Crippen LogP contribution in [-0.2, 0) is 20.1 Å². The third kappa shape index (κ3) is 6.74. The van der Waals surface area contributed by atoms with Crippen molar-refractivity contribution in [2.45, 2.75) is 45.8 Å². The van der Waals surface area contributed by atoms with Crippen molar-refractivity contribution in [1.82, 2.24) is 0 Å². The predicted octanol–water partition coefficient (Wildman–Crippen LogP) is 3.90. The maximum Gasteiger partial charge on any atom is 0.335 e. The van der Waals surface area contributed by atoms with Crippen LogP contribution in [-0.4, -0.2) is 28.8 Å². The Labute approximate surface area is 146 Å². The van der Waals surface area contributed by atoms with Crippen molar-refractivity contribution in [2.75, 3.05) is 6.61 Å². The molecule has 1 aromatic carbocycles. The number of hydrogen-bond donors (Lipinski definition) is 1. The molecular weight excluding hydrogens is 328 g/mol. The lowest BCUT2D eigenvalue weighted by Crippen LogP contribution is -2.26. The van der Waals surface area contributed by atoms with Crippen molar-refractivity contribution in [2.24, 2.45) is 5.41 Å². The Morgan fingerprint density at radius 2 is 1.79 bits per heavy atom. The summed E-state index contributed by atoms with van der Waals surface area (Å²) in [6.07, 6.45) is 1.56. The lowest BCUT2D eigenvalue weighted by Gasteiger charge is -2.20. The Balaban J connectivity index is 2.25. The number of carbonyl (C=O) groups is 3. The molecule has 0 spiro atoms. The lowest BCUT2D eigenvalue weighted by atomic mass is 9.91. The average Bonchev–Trinajstić information content (AvgIpc) is 2.56. The van der Waals surface area contributed by atoms with Gasteiger partial charge in [-0.3, -0.25) is 9.59 Å². The van der Waals surface area contributed by atoms with Gasteiger partial charge in [-0.15, -0.1) is 0 Å². The van der Waals surface area contributed by atoms with E-state index in [0.717, 1.165) is 5.56 Å². The van der Waals surface area contributed by atoms with Crippen LogP contribution in [0.4, 0.5) is 0 Å². The Morgan fingerprint density at radius 3 is 2.33 bits per heavy atom. The smallest absolute Gasteiger partial charge is 0.335 e. The first-order chi connectivity index (χ1) is 11.3. The minimum absolute atomic E-state index is 0.0307. The molecule has 0 amide bonds. The van der Waals surface area contributed by atoms with Crippen LogP contribution in [0.3, 0.4) is 0 Å². The van der Waals surface area contributed by atoms with Gasteiger partial charge in [0.1, 0.15) is 0 Å². The van der Waals surface area contributed by atoms with E-state index in [1.54, 1.807) is 12.1 Å². The first-order valence-corrected chi connectivity index (χ1v) is 8.90. The molecule has 0 radical (unpaired) electrons. The molecule has 0 saturated carbocycles. The summed E-state index contributed by atoms with van der Waals surface area (Å²) in [6, 6.07) is 6.46. The van der Waals surface area contributed by atoms with E-state index in [2.05, 4.69) is 0 Å². The molecule has 0 unspecified atom stereocenters. The van der Waals surface area contributed by atoms with Gasteiger partial charge in [-0.05, 0) is 44.4 Å². The topological polar surface area (TPSA) is 80.7 Å². The van der Waals surface area contributed by atoms with Crippen molar-refractivity contribution >= 4 is 28.8 Å². The molecule has 0 heterocycles. The summed E-state index contributed by atoms with van der Waals surface area (Å²) in [4.78, 5) is 34.3. The Bertz CT molecular complexity index is 578. The molecule has 0 aliphatic heterocycles. The van der Waals surface area contributed by atoms with Gasteiger partial charge in [0.2, 0.25) is 0 Å².